The molecule has 5 heteroatoms. The Kier molecular flexibility index (Phi) is 6.91. The van der Waals surface area contributed by atoms with Gasteiger partial charge < -0.3 is 9.26 Å². The fourth-order valence-corrected chi connectivity index (χ4v) is 3.31. The Morgan fingerprint density at radius 1 is 1.30 bits per heavy atom. The third-order valence-electron chi connectivity index (χ3n) is 4.30. The molecule has 0 aliphatic heterocycles. The van der Waals surface area contributed by atoms with Crippen LogP contribution in [-0.4, -0.2) is 5.16 Å². The first-order valence-electron chi connectivity index (χ1n) is 8.82. The minimum Gasteiger partial charge on any atom is -0.489 e. The minimum atomic E-state index is 0.432. The number of rotatable bonds is 8. The lowest BCUT2D eigenvalue weighted by Crippen LogP contribution is -2.00. The Hall–Kier alpha value is -1.85. The molecule has 0 saturated heterocycles. The SMILES string of the molecule is C=C/C=C\C(=C/C)c1noc(C2CC2)c1COc1ccc(C=C(Br)Br)cc1. The van der Waals surface area contributed by atoms with Gasteiger partial charge in [0, 0.05) is 5.92 Å². The van der Waals surface area contributed by atoms with E-state index in [1.54, 1.807) is 6.08 Å². The summed E-state index contributed by atoms with van der Waals surface area (Å²) in [6, 6.07) is 7.96. The van der Waals surface area contributed by atoms with Crippen molar-refractivity contribution in [2.75, 3.05) is 0 Å². The average molecular weight is 491 g/mol. The molecule has 1 aliphatic rings. The molecule has 0 spiro atoms. The second-order valence-corrected chi connectivity index (χ2v) is 9.05. The van der Waals surface area contributed by atoms with Crippen LogP contribution in [0.2, 0.25) is 0 Å². The van der Waals surface area contributed by atoms with Crippen molar-refractivity contribution in [1.29, 1.82) is 0 Å². The minimum absolute atomic E-state index is 0.432. The van der Waals surface area contributed by atoms with E-state index in [2.05, 4.69) is 43.6 Å². The predicted molar refractivity (Wildman–Crippen MR) is 118 cm³/mol. The van der Waals surface area contributed by atoms with Gasteiger partial charge in [-0.1, -0.05) is 48.2 Å². The highest BCUT2D eigenvalue weighted by Gasteiger charge is 2.32. The zero-order chi connectivity index (χ0) is 19.2. The van der Waals surface area contributed by atoms with Gasteiger partial charge in [0.25, 0.3) is 0 Å². The number of ether oxygens (including phenoxy) is 1. The fraction of sp³-hybridized carbons (Fsp3) is 0.227. The Morgan fingerprint density at radius 3 is 2.63 bits per heavy atom. The normalized spacial score (nSPS) is 14.4. The van der Waals surface area contributed by atoms with Gasteiger partial charge in [-0.2, -0.15) is 0 Å². The van der Waals surface area contributed by atoms with Crippen molar-refractivity contribution in [2.45, 2.75) is 32.3 Å². The maximum absolute atomic E-state index is 6.05. The third-order valence-corrected chi connectivity index (χ3v) is 4.76. The zero-order valence-electron chi connectivity index (χ0n) is 15.1. The maximum Gasteiger partial charge on any atom is 0.147 e. The molecule has 2 aromatic rings. The highest BCUT2D eigenvalue weighted by atomic mass is 79.9. The summed E-state index contributed by atoms with van der Waals surface area (Å²) in [4.78, 5) is 0. The van der Waals surface area contributed by atoms with Gasteiger partial charge in [-0.15, -0.1) is 0 Å². The molecular formula is C22H21Br2NO2. The van der Waals surface area contributed by atoms with Crippen LogP contribution in [-0.2, 0) is 6.61 Å². The predicted octanol–water partition coefficient (Wildman–Crippen LogP) is 7.36. The Labute approximate surface area is 176 Å². The summed E-state index contributed by atoms with van der Waals surface area (Å²) in [7, 11) is 0. The van der Waals surface area contributed by atoms with E-state index in [0.717, 1.165) is 50.1 Å². The van der Waals surface area contributed by atoms with Crippen LogP contribution in [0, 0.1) is 0 Å². The molecule has 3 rings (SSSR count). The summed E-state index contributed by atoms with van der Waals surface area (Å²) < 4.78 is 12.6. The van der Waals surface area contributed by atoms with Crippen molar-refractivity contribution in [1.82, 2.24) is 5.16 Å². The van der Waals surface area contributed by atoms with Gasteiger partial charge in [0.2, 0.25) is 0 Å². The largest absolute Gasteiger partial charge is 0.489 e. The number of aromatic nitrogens is 1. The molecule has 0 unspecified atom stereocenters. The van der Waals surface area contributed by atoms with E-state index in [-0.39, 0.29) is 0 Å². The number of hydrogen-bond donors (Lipinski definition) is 0. The summed E-state index contributed by atoms with van der Waals surface area (Å²) in [5.74, 6) is 2.24. The highest BCUT2D eigenvalue weighted by molar-refractivity contribution is 9.28. The molecule has 0 amide bonds. The molecule has 0 bridgehead atoms. The molecular weight excluding hydrogens is 470 g/mol. The number of halogens is 2. The third kappa shape index (κ3) is 5.33. The first-order valence-corrected chi connectivity index (χ1v) is 10.4. The monoisotopic (exact) mass is 489 g/mol. The van der Waals surface area contributed by atoms with E-state index in [4.69, 9.17) is 9.26 Å². The standard InChI is InChI=1S/C22H21Br2NO2/c1-3-5-6-16(4-2)21-19(22(27-25-21)17-9-10-17)14-26-18-11-7-15(8-12-18)13-20(23)24/h3-8,11-13,17H,1,9-10,14H2,2H3/b6-5-,16-4+. The van der Waals surface area contributed by atoms with E-state index in [1.807, 2.05) is 55.5 Å². The van der Waals surface area contributed by atoms with Crippen molar-refractivity contribution in [3.8, 4) is 5.75 Å². The van der Waals surface area contributed by atoms with Crippen molar-refractivity contribution in [3.63, 3.8) is 0 Å². The van der Waals surface area contributed by atoms with Crippen LogP contribution in [0.1, 0.15) is 48.3 Å². The van der Waals surface area contributed by atoms with Crippen LogP contribution in [0.15, 0.2) is 63.1 Å². The summed E-state index contributed by atoms with van der Waals surface area (Å²) >= 11 is 6.74. The molecule has 1 heterocycles. The molecule has 1 saturated carbocycles. The molecule has 140 valence electrons. The first-order chi connectivity index (χ1) is 13.1. The summed E-state index contributed by atoms with van der Waals surface area (Å²) in [6.45, 7) is 6.16. The van der Waals surface area contributed by atoms with Gasteiger partial charge in [-0.3, -0.25) is 0 Å². The van der Waals surface area contributed by atoms with E-state index >= 15 is 0 Å². The van der Waals surface area contributed by atoms with Gasteiger partial charge in [0.05, 0.1) is 8.96 Å². The average Bonchev–Trinajstić information content (AvgIpc) is 3.42. The Bertz CT molecular complexity index is 884. The molecule has 27 heavy (non-hydrogen) atoms. The molecule has 3 nitrogen and oxygen atoms in total. The van der Waals surface area contributed by atoms with Crippen LogP contribution in [0.5, 0.6) is 5.75 Å². The highest BCUT2D eigenvalue weighted by Crippen LogP contribution is 2.43. The second kappa shape index (κ2) is 9.38. The number of allylic oxidation sites excluding steroid dienone is 5. The number of hydrogen-bond acceptors (Lipinski definition) is 3. The van der Waals surface area contributed by atoms with Crippen molar-refractivity contribution in [2.24, 2.45) is 0 Å². The molecule has 0 radical (unpaired) electrons. The zero-order valence-corrected chi connectivity index (χ0v) is 18.3. The van der Waals surface area contributed by atoms with Crippen molar-refractivity contribution in [3.05, 3.63) is 81.1 Å². The smallest absolute Gasteiger partial charge is 0.147 e. The van der Waals surface area contributed by atoms with Crippen LogP contribution in [0.3, 0.4) is 0 Å². The summed E-state index contributed by atoms with van der Waals surface area (Å²) in [5, 5.41) is 4.33. The second-order valence-electron chi connectivity index (χ2n) is 6.28. The van der Waals surface area contributed by atoms with Crippen LogP contribution >= 0.6 is 31.9 Å². The quantitative estimate of drug-likeness (QED) is 0.362. The lowest BCUT2D eigenvalue weighted by atomic mass is 10.0. The van der Waals surface area contributed by atoms with Crippen LogP contribution in [0.25, 0.3) is 11.6 Å². The lowest BCUT2D eigenvalue weighted by Gasteiger charge is -2.08. The van der Waals surface area contributed by atoms with E-state index in [1.165, 1.54) is 0 Å². The van der Waals surface area contributed by atoms with Gasteiger partial charge in [0.15, 0.2) is 0 Å². The van der Waals surface area contributed by atoms with E-state index < -0.39 is 0 Å². The van der Waals surface area contributed by atoms with Crippen molar-refractivity contribution >= 4 is 43.5 Å². The topological polar surface area (TPSA) is 35.3 Å². The van der Waals surface area contributed by atoms with Gasteiger partial charge in [0.1, 0.15) is 23.8 Å². The molecule has 1 aromatic carbocycles. The van der Waals surface area contributed by atoms with E-state index in [0.29, 0.717) is 12.5 Å². The molecule has 0 N–H and O–H groups in total. The maximum atomic E-state index is 6.05. The van der Waals surface area contributed by atoms with Gasteiger partial charge in [-0.05, 0) is 81.0 Å². The van der Waals surface area contributed by atoms with Crippen LogP contribution in [0.4, 0.5) is 0 Å². The summed E-state index contributed by atoms with van der Waals surface area (Å²) in [6.07, 6.45) is 12.0. The van der Waals surface area contributed by atoms with Gasteiger partial charge >= 0.3 is 0 Å². The first kappa shape index (κ1) is 19.9. The van der Waals surface area contributed by atoms with Crippen molar-refractivity contribution < 1.29 is 9.26 Å². The molecule has 1 aliphatic carbocycles. The summed E-state index contributed by atoms with van der Waals surface area (Å²) in [5.41, 5.74) is 3.97. The van der Waals surface area contributed by atoms with Gasteiger partial charge in [-0.25, -0.2) is 0 Å². The number of benzene rings is 1. The Balaban J connectivity index is 1.81. The molecule has 1 aromatic heterocycles. The molecule has 1 fully saturated rings. The fourth-order valence-electron chi connectivity index (χ4n) is 2.78. The lowest BCUT2D eigenvalue weighted by molar-refractivity contribution is 0.300. The Morgan fingerprint density at radius 2 is 2.04 bits per heavy atom. The van der Waals surface area contributed by atoms with E-state index in [9.17, 15) is 0 Å². The van der Waals surface area contributed by atoms with Crippen LogP contribution < -0.4 is 4.74 Å². The molecule has 0 atom stereocenters. The number of nitrogens with zero attached hydrogens (tertiary/aromatic N) is 1.